The van der Waals surface area contributed by atoms with Gasteiger partial charge in [0.1, 0.15) is 5.69 Å². The number of halogens is 1. The van der Waals surface area contributed by atoms with E-state index in [1.807, 2.05) is 7.05 Å². The predicted octanol–water partition coefficient (Wildman–Crippen LogP) is 2.37. The number of piperazine rings is 1. The first kappa shape index (κ1) is 17.4. The number of pyridine rings is 1. The van der Waals surface area contributed by atoms with E-state index >= 15 is 0 Å². The molecular weight excluding hydrogens is 340 g/mol. The first-order chi connectivity index (χ1) is 12.0. The van der Waals surface area contributed by atoms with Crippen LogP contribution < -0.4 is 5.32 Å². The first-order valence-electron chi connectivity index (χ1n) is 8.04. The number of carbonyl (C=O) groups excluding carboxylic acids is 2. The number of likely N-dealkylation sites (N-methyl/N-ethyl adjacent to an activating group) is 1. The second kappa shape index (κ2) is 7.63. The Morgan fingerprint density at radius 3 is 2.56 bits per heavy atom. The number of anilines is 1. The number of hydrogen-bond acceptors (Lipinski definition) is 4. The highest BCUT2D eigenvalue weighted by molar-refractivity contribution is 6.33. The Bertz CT molecular complexity index is 788. The summed E-state index contributed by atoms with van der Waals surface area (Å²) in [5, 5.41) is 3.16. The Balaban J connectivity index is 1.73. The maximum absolute atomic E-state index is 12.6. The molecule has 0 saturated carbocycles. The first-order valence-corrected chi connectivity index (χ1v) is 8.42. The van der Waals surface area contributed by atoms with Gasteiger partial charge in [-0.15, -0.1) is 0 Å². The van der Waals surface area contributed by atoms with E-state index in [2.05, 4.69) is 15.2 Å². The summed E-state index contributed by atoms with van der Waals surface area (Å²) in [6.07, 6.45) is 1.48. The van der Waals surface area contributed by atoms with Crippen LogP contribution in [0.5, 0.6) is 0 Å². The molecule has 6 nitrogen and oxygen atoms in total. The van der Waals surface area contributed by atoms with Crippen molar-refractivity contribution in [1.29, 1.82) is 0 Å². The summed E-state index contributed by atoms with van der Waals surface area (Å²) in [6.45, 7) is 3.05. The van der Waals surface area contributed by atoms with Gasteiger partial charge in [0.2, 0.25) is 0 Å². The Hall–Kier alpha value is -2.44. The lowest BCUT2D eigenvalue weighted by atomic mass is 10.1. The molecule has 2 heterocycles. The molecule has 1 aliphatic heterocycles. The minimum absolute atomic E-state index is 0.0812. The van der Waals surface area contributed by atoms with Crippen LogP contribution in [0.15, 0.2) is 42.6 Å². The van der Waals surface area contributed by atoms with Crippen LogP contribution >= 0.6 is 11.6 Å². The molecule has 0 radical (unpaired) electrons. The van der Waals surface area contributed by atoms with Gasteiger partial charge in [0.05, 0.1) is 10.7 Å². The van der Waals surface area contributed by atoms with Crippen LogP contribution in [0.3, 0.4) is 0 Å². The molecule has 1 aromatic heterocycles. The minimum atomic E-state index is -0.402. The van der Waals surface area contributed by atoms with Crippen molar-refractivity contribution >= 4 is 29.1 Å². The standard InChI is InChI=1S/C18H19ClN4O2/c1-22-8-10-23(11-9-22)18(25)13-6-7-20-16(12-13)17(24)21-15-5-3-2-4-14(15)19/h2-7,12H,8-11H2,1H3,(H,21,24). The molecule has 1 N–H and O–H groups in total. The fraction of sp³-hybridized carbons (Fsp3) is 0.278. The highest BCUT2D eigenvalue weighted by Gasteiger charge is 2.21. The van der Waals surface area contributed by atoms with Crippen LogP contribution in [0.4, 0.5) is 5.69 Å². The van der Waals surface area contributed by atoms with E-state index in [1.54, 1.807) is 35.2 Å². The summed E-state index contributed by atoms with van der Waals surface area (Å²) in [7, 11) is 2.03. The molecule has 0 bridgehead atoms. The van der Waals surface area contributed by atoms with Gasteiger partial charge < -0.3 is 15.1 Å². The van der Waals surface area contributed by atoms with Crippen molar-refractivity contribution in [2.45, 2.75) is 0 Å². The lowest BCUT2D eigenvalue weighted by Gasteiger charge is -2.32. The van der Waals surface area contributed by atoms with Crippen LogP contribution in [0, 0.1) is 0 Å². The average Bonchev–Trinajstić information content (AvgIpc) is 2.64. The molecule has 3 rings (SSSR count). The monoisotopic (exact) mass is 358 g/mol. The number of carbonyl (C=O) groups is 2. The fourth-order valence-corrected chi connectivity index (χ4v) is 2.81. The molecule has 1 fully saturated rings. The largest absolute Gasteiger partial charge is 0.336 e. The van der Waals surface area contributed by atoms with Gasteiger partial charge in [-0.2, -0.15) is 0 Å². The van der Waals surface area contributed by atoms with Crippen LogP contribution in [-0.4, -0.2) is 59.8 Å². The van der Waals surface area contributed by atoms with Gasteiger partial charge >= 0.3 is 0 Å². The van der Waals surface area contributed by atoms with Crippen LogP contribution in [0.25, 0.3) is 0 Å². The van der Waals surface area contributed by atoms with E-state index in [4.69, 9.17) is 11.6 Å². The molecule has 7 heteroatoms. The van der Waals surface area contributed by atoms with Crippen molar-refractivity contribution in [1.82, 2.24) is 14.8 Å². The van der Waals surface area contributed by atoms with Gasteiger partial charge in [-0.3, -0.25) is 14.6 Å². The molecule has 1 aliphatic rings. The number of benzene rings is 1. The van der Waals surface area contributed by atoms with Crippen molar-refractivity contribution in [2.24, 2.45) is 0 Å². The molecule has 1 aromatic carbocycles. The second-order valence-electron chi connectivity index (χ2n) is 5.96. The average molecular weight is 359 g/mol. The molecule has 2 amide bonds. The Kier molecular flexibility index (Phi) is 5.31. The highest BCUT2D eigenvalue weighted by Crippen LogP contribution is 2.21. The molecule has 1 saturated heterocycles. The van der Waals surface area contributed by atoms with Gasteiger partial charge in [-0.1, -0.05) is 23.7 Å². The number of hydrogen-bond donors (Lipinski definition) is 1. The Labute approximate surface area is 151 Å². The molecular formula is C18H19ClN4O2. The number of aromatic nitrogens is 1. The topological polar surface area (TPSA) is 65.5 Å². The number of para-hydroxylation sites is 1. The van der Waals surface area contributed by atoms with Crippen molar-refractivity contribution in [2.75, 3.05) is 38.5 Å². The zero-order chi connectivity index (χ0) is 17.8. The van der Waals surface area contributed by atoms with Crippen LogP contribution in [0.2, 0.25) is 5.02 Å². The van der Waals surface area contributed by atoms with Gasteiger partial charge in [0.25, 0.3) is 11.8 Å². The minimum Gasteiger partial charge on any atom is -0.336 e. The van der Waals surface area contributed by atoms with E-state index in [1.165, 1.54) is 12.3 Å². The number of nitrogens with zero attached hydrogens (tertiary/aromatic N) is 3. The van der Waals surface area contributed by atoms with Gasteiger partial charge in [0.15, 0.2) is 0 Å². The summed E-state index contributed by atoms with van der Waals surface area (Å²) in [5.41, 5.74) is 1.15. The number of nitrogens with one attached hydrogen (secondary N) is 1. The van der Waals surface area contributed by atoms with Crippen LogP contribution in [-0.2, 0) is 0 Å². The van der Waals surface area contributed by atoms with E-state index in [0.717, 1.165) is 13.1 Å². The molecule has 2 aromatic rings. The Morgan fingerprint density at radius 1 is 1.12 bits per heavy atom. The molecule has 0 atom stereocenters. The quantitative estimate of drug-likeness (QED) is 0.914. The zero-order valence-corrected chi connectivity index (χ0v) is 14.7. The Morgan fingerprint density at radius 2 is 1.84 bits per heavy atom. The lowest BCUT2D eigenvalue weighted by molar-refractivity contribution is 0.0664. The zero-order valence-electron chi connectivity index (χ0n) is 13.9. The van der Waals surface area contributed by atoms with Crippen molar-refractivity contribution in [3.05, 3.63) is 58.9 Å². The smallest absolute Gasteiger partial charge is 0.274 e. The van der Waals surface area contributed by atoms with E-state index in [9.17, 15) is 9.59 Å². The van der Waals surface area contributed by atoms with Crippen molar-refractivity contribution < 1.29 is 9.59 Å². The summed E-state index contributed by atoms with van der Waals surface area (Å²) >= 11 is 6.05. The maximum Gasteiger partial charge on any atom is 0.274 e. The predicted molar refractivity (Wildman–Crippen MR) is 97.0 cm³/mol. The summed E-state index contributed by atoms with van der Waals surface area (Å²) in [5.74, 6) is -0.483. The van der Waals surface area contributed by atoms with E-state index < -0.39 is 5.91 Å². The normalized spacial score (nSPS) is 15.0. The molecule has 0 spiro atoms. The molecule has 25 heavy (non-hydrogen) atoms. The van der Waals surface area contributed by atoms with E-state index in [0.29, 0.717) is 29.4 Å². The highest BCUT2D eigenvalue weighted by atomic mass is 35.5. The second-order valence-corrected chi connectivity index (χ2v) is 6.37. The lowest BCUT2D eigenvalue weighted by Crippen LogP contribution is -2.47. The van der Waals surface area contributed by atoms with E-state index in [-0.39, 0.29) is 11.6 Å². The van der Waals surface area contributed by atoms with Gasteiger partial charge in [0, 0.05) is 37.9 Å². The van der Waals surface area contributed by atoms with Gasteiger partial charge in [-0.05, 0) is 31.3 Å². The maximum atomic E-state index is 12.6. The number of amides is 2. The summed E-state index contributed by atoms with van der Waals surface area (Å²) < 4.78 is 0. The van der Waals surface area contributed by atoms with Gasteiger partial charge in [-0.25, -0.2) is 0 Å². The van der Waals surface area contributed by atoms with Crippen molar-refractivity contribution in [3.8, 4) is 0 Å². The van der Waals surface area contributed by atoms with Crippen molar-refractivity contribution in [3.63, 3.8) is 0 Å². The third-order valence-electron chi connectivity index (χ3n) is 4.15. The molecule has 0 aliphatic carbocycles. The number of rotatable bonds is 3. The molecule has 130 valence electrons. The third-order valence-corrected chi connectivity index (χ3v) is 4.48. The summed E-state index contributed by atoms with van der Waals surface area (Å²) in [4.78, 5) is 33.1. The fourth-order valence-electron chi connectivity index (χ4n) is 2.63. The third kappa shape index (κ3) is 4.15. The SMILES string of the molecule is CN1CCN(C(=O)c2ccnc(C(=O)Nc3ccccc3Cl)c2)CC1. The van der Waals surface area contributed by atoms with Crippen LogP contribution in [0.1, 0.15) is 20.8 Å². The molecule has 0 unspecified atom stereocenters. The summed E-state index contributed by atoms with van der Waals surface area (Å²) in [6, 6.07) is 10.1.